The van der Waals surface area contributed by atoms with Gasteiger partial charge < -0.3 is 10.0 Å². The lowest BCUT2D eigenvalue weighted by Crippen LogP contribution is -2.20. The molecule has 102 valence electrons. The highest BCUT2D eigenvalue weighted by atomic mass is 79.9. The van der Waals surface area contributed by atoms with Crippen LogP contribution in [0.1, 0.15) is 23.5 Å². The van der Waals surface area contributed by atoms with Crippen LogP contribution in [0.25, 0.3) is 0 Å². The van der Waals surface area contributed by atoms with Gasteiger partial charge in [0.05, 0.1) is 6.10 Å². The van der Waals surface area contributed by atoms with Gasteiger partial charge in [-0.1, -0.05) is 28.1 Å². The summed E-state index contributed by atoms with van der Waals surface area (Å²) in [6.07, 6.45) is 0.615. The maximum atomic E-state index is 9.62. The summed E-state index contributed by atoms with van der Waals surface area (Å²) in [6, 6.07) is 10.4. The topological polar surface area (TPSA) is 23.5 Å². The largest absolute Gasteiger partial charge is 0.389 e. The molecular weight excluding hydrogens is 322 g/mol. The molecule has 0 fully saturated rings. The van der Waals surface area contributed by atoms with Crippen LogP contribution in [-0.2, 0) is 6.42 Å². The second kappa shape index (κ2) is 6.55. The van der Waals surface area contributed by atoms with Crippen LogP contribution in [-0.4, -0.2) is 18.7 Å². The molecule has 0 radical (unpaired) electrons. The van der Waals surface area contributed by atoms with Crippen LogP contribution in [0.2, 0.25) is 0 Å². The van der Waals surface area contributed by atoms with E-state index in [4.69, 9.17) is 0 Å². The summed E-state index contributed by atoms with van der Waals surface area (Å²) in [7, 11) is 2.09. The molecule has 0 saturated carbocycles. The molecule has 0 aliphatic rings. The van der Waals surface area contributed by atoms with E-state index < -0.39 is 6.10 Å². The zero-order chi connectivity index (χ0) is 13.8. The minimum atomic E-state index is -0.445. The van der Waals surface area contributed by atoms with Gasteiger partial charge in [-0.2, -0.15) is 0 Å². The third kappa shape index (κ3) is 3.81. The van der Waals surface area contributed by atoms with Crippen molar-refractivity contribution in [2.75, 3.05) is 18.5 Å². The number of nitrogens with zero attached hydrogens (tertiary/aromatic N) is 1. The molecule has 0 spiro atoms. The van der Waals surface area contributed by atoms with Crippen LogP contribution in [0.4, 0.5) is 5.69 Å². The van der Waals surface area contributed by atoms with E-state index in [1.807, 2.05) is 6.07 Å². The Morgan fingerprint density at radius 3 is 2.74 bits per heavy atom. The Balaban J connectivity index is 2.03. The Hall–Kier alpha value is -0.840. The second-order valence-corrected chi connectivity index (χ2v) is 6.52. The number of benzene rings is 1. The van der Waals surface area contributed by atoms with Gasteiger partial charge in [0, 0.05) is 28.6 Å². The van der Waals surface area contributed by atoms with Gasteiger partial charge in [-0.05, 0) is 42.5 Å². The Kier molecular flexibility index (Phi) is 5.02. The van der Waals surface area contributed by atoms with Gasteiger partial charge in [-0.15, -0.1) is 11.3 Å². The standard InChI is InChI=1S/C15H18BrNOS/c1-11(18)14-6-5-12(10-15(14)16)17(2)8-7-13-4-3-9-19-13/h3-6,9-11,18H,7-8H2,1-2H3/t11-/m1/s1. The summed E-state index contributed by atoms with van der Waals surface area (Å²) >= 11 is 5.32. The Labute approximate surface area is 126 Å². The summed E-state index contributed by atoms with van der Waals surface area (Å²) in [5.41, 5.74) is 2.09. The lowest BCUT2D eigenvalue weighted by atomic mass is 10.1. The molecule has 0 saturated heterocycles. The lowest BCUT2D eigenvalue weighted by molar-refractivity contribution is 0.198. The second-order valence-electron chi connectivity index (χ2n) is 4.63. The number of aliphatic hydroxyl groups is 1. The van der Waals surface area contributed by atoms with Crippen LogP contribution >= 0.6 is 27.3 Å². The van der Waals surface area contributed by atoms with E-state index in [-0.39, 0.29) is 0 Å². The van der Waals surface area contributed by atoms with Crippen molar-refractivity contribution in [3.8, 4) is 0 Å². The molecule has 1 aromatic heterocycles. The number of rotatable bonds is 5. The average Bonchev–Trinajstić information content (AvgIpc) is 2.88. The zero-order valence-corrected chi connectivity index (χ0v) is 13.5. The summed E-state index contributed by atoms with van der Waals surface area (Å²) in [4.78, 5) is 3.64. The number of halogens is 1. The maximum absolute atomic E-state index is 9.62. The van der Waals surface area contributed by atoms with E-state index in [0.29, 0.717) is 0 Å². The predicted molar refractivity (Wildman–Crippen MR) is 86.1 cm³/mol. The predicted octanol–water partition coefficient (Wildman–Crippen LogP) is 4.24. The molecule has 2 rings (SSSR count). The maximum Gasteiger partial charge on any atom is 0.0772 e. The van der Waals surface area contributed by atoms with Gasteiger partial charge in [0.15, 0.2) is 0 Å². The Bertz CT molecular complexity index is 525. The minimum Gasteiger partial charge on any atom is -0.389 e. The van der Waals surface area contributed by atoms with E-state index >= 15 is 0 Å². The first kappa shape index (κ1) is 14.6. The quantitative estimate of drug-likeness (QED) is 0.880. The minimum absolute atomic E-state index is 0.445. The van der Waals surface area contributed by atoms with Gasteiger partial charge in [0.2, 0.25) is 0 Å². The number of hydrogen-bond donors (Lipinski definition) is 1. The fourth-order valence-corrected chi connectivity index (χ4v) is 3.35. The SMILES string of the molecule is C[C@@H](O)c1ccc(N(C)CCc2cccs2)cc1Br. The monoisotopic (exact) mass is 339 g/mol. The molecule has 4 heteroatoms. The van der Waals surface area contributed by atoms with Crippen LogP contribution < -0.4 is 4.90 Å². The average molecular weight is 340 g/mol. The third-order valence-corrected chi connectivity index (χ3v) is 4.77. The number of hydrogen-bond acceptors (Lipinski definition) is 3. The molecule has 1 heterocycles. The van der Waals surface area contributed by atoms with Crippen molar-refractivity contribution in [2.45, 2.75) is 19.4 Å². The van der Waals surface area contributed by atoms with E-state index in [2.05, 4.69) is 57.5 Å². The van der Waals surface area contributed by atoms with Crippen molar-refractivity contribution in [2.24, 2.45) is 0 Å². The molecule has 0 bridgehead atoms. The molecule has 0 aliphatic heterocycles. The van der Waals surface area contributed by atoms with Crippen molar-refractivity contribution in [1.29, 1.82) is 0 Å². The Morgan fingerprint density at radius 2 is 2.16 bits per heavy atom. The van der Waals surface area contributed by atoms with Gasteiger partial charge >= 0.3 is 0 Å². The van der Waals surface area contributed by atoms with Crippen molar-refractivity contribution >= 4 is 33.0 Å². The van der Waals surface area contributed by atoms with Gasteiger partial charge in [0.1, 0.15) is 0 Å². The van der Waals surface area contributed by atoms with Crippen LogP contribution in [0, 0.1) is 0 Å². The fraction of sp³-hybridized carbons (Fsp3) is 0.333. The molecule has 0 amide bonds. The lowest BCUT2D eigenvalue weighted by Gasteiger charge is -2.20. The van der Waals surface area contributed by atoms with E-state index in [9.17, 15) is 5.11 Å². The molecule has 0 aliphatic carbocycles. The summed E-state index contributed by atoms with van der Waals surface area (Å²) in [5, 5.41) is 11.7. The molecule has 2 nitrogen and oxygen atoms in total. The van der Waals surface area contributed by atoms with Crippen LogP contribution in [0.15, 0.2) is 40.2 Å². The fourth-order valence-electron chi connectivity index (χ4n) is 1.95. The van der Waals surface area contributed by atoms with E-state index in [1.54, 1.807) is 18.3 Å². The first-order chi connectivity index (χ1) is 9.08. The van der Waals surface area contributed by atoms with Crippen molar-refractivity contribution in [3.63, 3.8) is 0 Å². The summed E-state index contributed by atoms with van der Waals surface area (Å²) in [5.74, 6) is 0. The summed E-state index contributed by atoms with van der Waals surface area (Å²) < 4.78 is 0.961. The number of thiophene rings is 1. The Morgan fingerprint density at radius 1 is 1.37 bits per heavy atom. The zero-order valence-electron chi connectivity index (χ0n) is 11.1. The first-order valence-electron chi connectivity index (χ1n) is 6.29. The molecule has 1 atom stereocenters. The molecular formula is C15H18BrNOS. The van der Waals surface area contributed by atoms with Crippen molar-refractivity contribution in [3.05, 3.63) is 50.6 Å². The number of likely N-dealkylation sites (N-methyl/N-ethyl adjacent to an activating group) is 1. The van der Waals surface area contributed by atoms with Crippen LogP contribution in [0.3, 0.4) is 0 Å². The highest BCUT2D eigenvalue weighted by Gasteiger charge is 2.09. The van der Waals surface area contributed by atoms with Crippen molar-refractivity contribution in [1.82, 2.24) is 0 Å². The number of aliphatic hydroxyl groups excluding tert-OH is 1. The molecule has 0 unspecified atom stereocenters. The van der Waals surface area contributed by atoms with E-state index in [1.165, 1.54) is 4.88 Å². The summed E-state index contributed by atoms with van der Waals surface area (Å²) in [6.45, 7) is 2.77. The van der Waals surface area contributed by atoms with Crippen LogP contribution in [0.5, 0.6) is 0 Å². The van der Waals surface area contributed by atoms with Gasteiger partial charge in [-0.25, -0.2) is 0 Å². The van der Waals surface area contributed by atoms with Gasteiger partial charge in [0.25, 0.3) is 0 Å². The molecule has 1 aromatic carbocycles. The van der Waals surface area contributed by atoms with Gasteiger partial charge in [-0.3, -0.25) is 0 Å². The van der Waals surface area contributed by atoms with E-state index in [0.717, 1.165) is 28.7 Å². The smallest absolute Gasteiger partial charge is 0.0772 e. The highest BCUT2D eigenvalue weighted by molar-refractivity contribution is 9.10. The third-order valence-electron chi connectivity index (χ3n) is 3.15. The molecule has 19 heavy (non-hydrogen) atoms. The first-order valence-corrected chi connectivity index (χ1v) is 7.96. The molecule has 1 N–H and O–H groups in total. The number of anilines is 1. The highest BCUT2D eigenvalue weighted by Crippen LogP contribution is 2.28. The normalized spacial score (nSPS) is 12.4. The van der Waals surface area contributed by atoms with Crippen molar-refractivity contribution < 1.29 is 5.11 Å². The molecule has 2 aromatic rings.